The zero-order chi connectivity index (χ0) is 11.3. The van der Waals surface area contributed by atoms with Crippen LogP contribution in [0, 0.1) is 0 Å². The van der Waals surface area contributed by atoms with Crippen molar-refractivity contribution >= 4 is 17.5 Å². The van der Waals surface area contributed by atoms with Crippen LogP contribution in [-0.4, -0.2) is 30.3 Å². The first kappa shape index (κ1) is 11.3. The van der Waals surface area contributed by atoms with E-state index >= 15 is 0 Å². The lowest BCUT2D eigenvalue weighted by molar-refractivity contribution is 0.286. The molecule has 0 atom stereocenters. The number of ether oxygens (including phenoxy) is 1. The molecule has 6 N–H and O–H groups in total. The Morgan fingerprint density at radius 1 is 1.33 bits per heavy atom. The second-order valence-electron chi connectivity index (χ2n) is 2.82. The highest BCUT2D eigenvalue weighted by Gasteiger charge is 2.09. The van der Waals surface area contributed by atoms with Gasteiger partial charge in [0, 0.05) is 6.54 Å². The molecule has 0 spiro atoms. The molecule has 0 radical (unpaired) electrons. The van der Waals surface area contributed by atoms with Gasteiger partial charge in [-0.05, 0) is 14.0 Å². The molecule has 1 heterocycles. The summed E-state index contributed by atoms with van der Waals surface area (Å²) >= 11 is 0. The molecule has 0 saturated carbocycles. The van der Waals surface area contributed by atoms with Crippen LogP contribution in [0.2, 0.25) is 0 Å². The van der Waals surface area contributed by atoms with Crippen LogP contribution >= 0.6 is 0 Å². The maximum Gasteiger partial charge on any atom is 0.245 e. The summed E-state index contributed by atoms with van der Waals surface area (Å²) in [4.78, 5) is 8.03. The average molecular weight is 212 g/mol. The third-order valence-electron chi connectivity index (χ3n) is 1.63. The minimum atomic E-state index is 0.215. The van der Waals surface area contributed by atoms with Crippen molar-refractivity contribution in [2.45, 2.75) is 6.92 Å². The van der Waals surface area contributed by atoms with Crippen LogP contribution < -0.4 is 26.8 Å². The highest BCUT2D eigenvalue weighted by molar-refractivity contribution is 5.66. The molecule has 0 bridgehead atoms. The lowest BCUT2D eigenvalue weighted by Gasteiger charge is -2.10. The van der Waals surface area contributed by atoms with E-state index in [0.717, 1.165) is 0 Å². The Kier molecular flexibility index (Phi) is 3.92. The summed E-state index contributed by atoms with van der Waals surface area (Å²) in [7, 11) is 1.76. The van der Waals surface area contributed by atoms with Gasteiger partial charge in [-0.3, -0.25) is 5.32 Å². The maximum atomic E-state index is 5.66. The number of hydrogen-bond acceptors (Lipinski definition) is 7. The Hall–Kier alpha value is -1.76. The van der Waals surface area contributed by atoms with E-state index in [0.29, 0.717) is 19.2 Å². The predicted molar refractivity (Wildman–Crippen MR) is 59.6 cm³/mol. The van der Waals surface area contributed by atoms with Gasteiger partial charge in [0.25, 0.3) is 0 Å². The number of nitrogen functional groups attached to an aromatic ring is 2. The molecule has 0 amide bonds. The molecule has 7 nitrogen and oxygen atoms in total. The van der Waals surface area contributed by atoms with Gasteiger partial charge in [0.2, 0.25) is 11.8 Å². The minimum Gasteiger partial charge on any atom is -0.460 e. The van der Waals surface area contributed by atoms with Crippen molar-refractivity contribution in [1.82, 2.24) is 15.3 Å². The molecule has 7 heteroatoms. The summed E-state index contributed by atoms with van der Waals surface area (Å²) < 4.78 is 5.25. The zero-order valence-corrected chi connectivity index (χ0v) is 8.87. The van der Waals surface area contributed by atoms with Crippen LogP contribution in [-0.2, 0) is 0 Å². The van der Waals surface area contributed by atoms with Crippen molar-refractivity contribution < 1.29 is 4.74 Å². The lowest BCUT2D eigenvalue weighted by Crippen LogP contribution is -2.17. The van der Waals surface area contributed by atoms with E-state index in [1.807, 2.05) is 6.92 Å². The molecular weight excluding hydrogens is 196 g/mol. The van der Waals surface area contributed by atoms with E-state index in [1.165, 1.54) is 0 Å². The molecule has 1 aromatic rings. The molecule has 0 fully saturated rings. The average Bonchev–Trinajstić information content (AvgIpc) is 2.21. The highest BCUT2D eigenvalue weighted by atomic mass is 16.5. The van der Waals surface area contributed by atoms with Crippen molar-refractivity contribution in [3.8, 4) is 5.88 Å². The van der Waals surface area contributed by atoms with Crippen LogP contribution in [0.3, 0.4) is 0 Å². The number of nitrogens with one attached hydrogen (secondary N) is 2. The Balaban J connectivity index is 2.91. The smallest absolute Gasteiger partial charge is 0.245 e. The Labute approximate surface area is 88.2 Å². The number of anilines is 3. The normalized spacial score (nSPS) is 10.0. The standard InChI is InChI=1S/C8H16N6O/c1-3-12-8-13-6(10)5(9)7(14-8)15-4-11-2/h11H,3-4,9H2,1-2H3,(H3,10,12,13,14). The summed E-state index contributed by atoms with van der Waals surface area (Å²) in [5.74, 6) is 0.912. The molecule has 0 aromatic carbocycles. The van der Waals surface area contributed by atoms with E-state index in [-0.39, 0.29) is 17.4 Å². The Bertz CT molecular complexity index is 329. The fraction of sp³-hybridized carbons (Fsp3) is 0.500. The van der Waals surface area contributed by atoms with Crippen molar-refractivity contribution in [2.75, 3.05) is 37.1 Å². The third kappa shape index (κ3) is 2.84. The van der Waals surface area contributed by atoms with E-state index in [1.54, 1.807) is 7.05 Å². The van der Waals surface area contributed by atoms with Crippen LogP contribution in [0.4, 0.5) is 17.5 Å². The Morgan fingerprint density at radius 2 is 2.07 bits per heavy atom. The Morgan fingerprint density at radius 3 is 2.67 bits per heavy atom. The first-order chi connectivity index (χ1) is 7.19. The number of rotatable bonds is 5. The van der Waals surface area contributed by atoms with Crippen molar-refractivity contribution in [2.24, 2.45) is 0 Å². The fourth-order valence-corrected chi connectivity index (χ4v) is 0.953. The first-order valence-corrected chi connectivity index (χ1v) is 4.63. The fourth-order valence-electron chi connectivity index (χ4n) is 0.953. The number of nitrogens with zero attached hydrogens (tertiary/aromatic N) is 2. The van der Waals surface area contributed by atoms with E-state index in [2.05, 4.69) is 20.6 Å². The molecule has 0 aliphatic rings. The van der Waals surface area contributed by atoms with Gasteiger partial charge in [0.15, 0.2) is 5.82 Å². The second kappa shape index (κ2) is 5.20. The van der Waals surface area contributed by atoms with Gasteiger partial charge in [-0.25, -0.2) is 0 Å². The first-order valence-electron chi connectivity index (χ1n) is 4.63. The largest absolute Gasteiger partial charge is 0.460 e. The molecule has 0 aliphatic heterocycles. The van der Waals surface area contributed by atoms with Crippen LogP contribution in [0.25, 0.3) is 0 Å². The molecule has 0 unspecified atom stereocenters. The third-order valence-corrected chi connectivity index (χ3v) is 1.63. The van der Waals surface area contributed by atoms with Gasteiger partial charge in [0.05, 0.1) is 0 Å². The topological polar surface area (TPSA) is 111 Å². The minimum absolute atomic E-state index is 0.215. The molecule has 15 heavy (non-hydrogen) atoms. The summed E-state index contributed by atoms with van der Waals surface area (Å²) in [6.45, 7) is 2.95. The maximum absolute atomic E-state index is 5.66. The van der Waals surface area contributed by atoms with Crippen molar-refractivity contribution in [1.29, 1.82) is 0 Å². The van der Waals surface area contributed by atoms with Gasteiger partial charge in [-0.15, -0.1) is 0 Å². The van der Waals surface area contributed by atoms with Gasteiger partial charge in [0.1, 0.15) is 12.4 Å². The van der Waals surface area contributed by atoms with Crippen LogP contribution in [0.1, 0.15) is 6.92 Å². The molecular formula is C8H16N6O. The lowest BCUT2D eigenvalue weighted by atomic mass is 10.4. The molecule has 84 valence electrons. The van der Waals surface area contributed by atoms with E-state index in [4.69, 9.17) is 16.2 Å². The summed E-state index contributed by atoms with van der Waals surface area (Å²) in [5, 5.41) is 5.75. The number of aromatic nitrogens is 2. The molecule has 0 aliphatic carbocycles. The quantitative estimate of drug-likeness (QED) is 0.493. The number of nitrogens with two attached hydrogens (primary N) is 2. The summed E-state index contributed by atoms with van der Waals surface area (Å²) in [6, 6.07) is 0. The molecule has 1 aromatic heterocycles. The zero-order valence-electron chi connectivity index (χ0n) is 8.87. The van der Waals surface area contributed by atoms with Crippen LogP contribution in [0.5, 0.6) is 5.88 Å². The van der Waals surface area contributed by atoms with E-state index in [9.17, 15) is 0 Å². The summed E-state index contributed by atoms with van der Waals surface area (Å²) in [5.41, 5.74) is 11.5. The predicted octanol–water partition coefficient (Wildman–Crippen LogP) is -0.371. The monoisotopic (exact) mass is 212 g/mol. The second-order valence-corrected chi connectivity index (χ2v) is 2.82. The number of hydrogen-bond donors (Lipinski definition) is 4. The van der Waals surface area contributed by atoms with Crippen molar-refractivity contribution in [3.63, 3.8) is 0 Å². The van der Waals surface area contributed by atoms with Gasteiger partial charge in [-0.2, -0.15) is 9.97 Å². The summed E-state index contributed by atoms with van der Waals surface area (Å²) in [6.07, 6.45) is 0. The van der Waals surface area contributed by atoms with Gasteiger partial charge < -0.3 is 21.5 Å². The molecule has 1 rings (SSSR count). The SMILES string of the molecule is CCNc1nc(N)c(N)c(OCNC)n1. The van der Waals surface area contributed by atoms with E-state index < -0.39 is 0 Å². The van der Waals surface area contributed by atoms with Gasteiger partial charge in [-0.1, -0.05) is 0 Å². The van der Waals surface area contributed by atoms with Crippen molar-refractivity contribution in [3.05, 3.63) is 0 Å². The highest BCUT2D eigenvalue weighted by Crippen LogP contribution is 2.24. The van der Waals surface area contributed by atoms with Gasteiger partial charge >= 0.3 is 0 Å². The molecule has 0 saturated heterocycles. The van der Waals surface area contributed by atoms with Crippen LogP contribution in [0.15, 0.2) is 0 Å².